The molecule has 0 bridgehead atoms. The Labute approximate surface area is 117 Å². The van der Waals surface area contributed by atoms with E-state index in [0.29, 0.717) is 0 Å². The molecule has 0 radical (unpaired) electrons. The van der Waals surface area contributed by atoms with E-state index in [0.717, 1.165) is 6.07 Å². The molecule has 0 saturated heterocycles. The zero-order valence-corrected chi connectivity index (χ0v) is 11.1. The molecule has 19 heavy (non-hydrogen) atoms. The van der Waals surface area contributed by atoms with Crippen LogP contribution in [0.2, 0.25) is 5.02 Å². The van der Waals surface area contributed by atoms with E-state index in [1.54, 1.807) is 0 Å². The maximum absolute atomic E-state index is 13.7. The highest BCUT2D eigenvalue weighted by Crippen LogP contribution is 2.37. The predicted molar refractivity (Wildman–Crippen MR) is 63.6 cm³/mol. The second kappa shape index (κ2) is 4.86. The quantitative estimate of drug-likeness (QED) is 0.639. The Hall–Kier alpha value is -1.54. The molecular weight excluding hydrogens is 352 g/mol. The Balaban J connectivity index is 2.71. The van der Waals surface area contributed by atoms with Gasteiger partial charge in [0.25, 0.3) is 0 Å². The molecule has 9 heteroatoms. The molecule has 1 aromatic heterocycles. The Kier molecular flexibility index (Phi) is 3.55. The second-order valence-electron chi connectivity index (χ2n) is 3.42. The van der Waals surface area contributed by atoms with E-state index in [-0.39, 0.29) is 11.4 Å². The van der Waals surface area contributed by atoms with Crippen molar-refractivity contribution in [2.24, 2.45) is 0 Å². The van der Waals surface area contributed by atoms with Crippen LogP contribution in [0.3, 0.4) is 0 Å². The van der Waals surface area contributed by atoms with Gasteiger partial charge in [0.1, 0.15) is 5.69 Å². The summed E-state index contributed by atoms with van der Waals surface area (Å²) in [7, 11) is 0. The summed E-state index contributed by atoms with van der Waals surface area (Å²) in [6.45, 7) is 0. The summed E-state index contributed by atoms with van der Waals surface area (Å²) < 4.78 is 40.0. The molecule has 1 aromatic carbocycles. The average molecular weight is 355 g/mol. The summed E-state index contributed by atoms with van der Waals surface area (Å²) in [5.74, 6) is -5.46. The third-order valence-corrected chi connectivity index (χ3v) is 3.33. The van der Waals surface area contributed by atoms with Crippen LogP contribution < -0.4 is 0 Å². The van der Waals surface area contributed by atoms with Crippen molar-refractivity contribution in [1.29, 1.82) is 0 Å². The number of aromatic amines is 1. The summed E-state index contributed by atoms with van der Waals surface area (Å²) >= 11 is 8.11. The lowest BCUT2D eigenvalue weighted by Crippen LogP contribution is -1.97. The lowest BCUT2D eigenvalue weighted by Gasteiger charge is -2.07. The molecule has 2 aromatic rings. The fourth-order valence-corrected chi connectivity index (χ4v) is 2.15. The van der Waals surface area contributed by atoms with E-state index < -0.39 is 38.5 Å². The first-order valence-corrected chi connectivity index (χ1v) is 5.82. The van der Waals surface area contributed by atoms with Gasteiger partial charge in [-0.15, -0.1) is 0 Å². The Morgan fingerprint density at radius 1 is 1.32 bits per heavy atom. The van der Waals surface area contributed by atoms with Crippen molar-refractivity contribution in [2.75, 3.05) is 0 Å². The van der Waals surface area contributed by atoms with Crippen molar-refractivity contribution in [1.82, 2.24) is 10.2 Å². The molecule has 2 rings (SSSR count). The number of nitrogens with zero attached hydrogens (tertiary/aromatic N) is 1. The number of aromatic nitrogens is 2. The van der Waals surface area contributed by atoms with Gasteiger partial charge in [0, 0.05) is 0 Å². The van der Waals surface area contributed by atoms with E-state index in [2.05, 4.69) is 26.1 Å². The molecule has 0 spiro atoms. The molecule has 2 N–H and O–H groups in total. The maximum Gasteiger partial charge on any atom is 0.353 e. The van der Waals surface area contributed by atoms with Crippen LogP contribution in [0.5, 0.6) is 0 Å². The number of carboxylic acid groups (broad SMARTS) is 1. The largest absolute Gasteiger partial charge is 0.477 e. The molecule has 0 saturated carbocycles. The maximum atomic E-state index is 13.7. The number of carboxylic acids is 1. The highest BCUT2D eigenvalue weighted by molar-refractivity contribution is 9.10. The van der Waals surface area contributed by atoms with Crippen LogP contribution in [0, 0.1) is 17.5 Å². The number of halogens is 5. The van der Waals surface area contributed by atoms with Crippen LogP contribution in [-0.2, 0) is 0 Å². The number of benzene rings is 1. The van der Waals surface area contributed by atoms with Gasteiger partial charge in [-0.05, 0) is 22.0 Å². The number of H-pyrrole nitrogens is 1. The molecule has 0 fully saturated rings. The van der Waals surface area contributed by atoms with Gasteiger partial charge in [0.2, 0.25) is 0 Å². The zero-order chi connectivity index (χ0) is 14.3. The van der Waals surface area contributed by atoms with Crippen molar-refractivity contribution in [2.45, 2.75) is 0 Å². The van der Waals surface area contributed by atoms with Crippen LogP contribution in [0.4, 0.5) is 13.2 Å². The van der Waals surface area contributed by atoms with E-state index >= 15 is 0 Å². The van der Waals surface area contributed by atoms with Crippen molar-refractivity contribution >= 4 is 33.5 Å². The van der Waals surface area contributed by atoms with Gasteiger partial charge >= 0.3 is 5.97 Å². The van der Waals surface area contributed by atoms with Crippen molar-refractivity contribution in [3.05, 3.63) is 38.7 Å². The van der Waals surface area contributed by atoms with Crippen LogP contribution in [-0.4, -0.2) is 21.3 Å². The summed E-state index contributed by atoms with van der Waals surface area (Å²) in [5.41, 5.74) is -1.33. The van der Waals surface area contributed by atoms with Crippen LogP contribution >= 0.6 is 27.5 Å². The number of carbonyl (C=O) groups is 1. The fraction of sp³-hybridized carbons (Fsp3) is 0. The van der Waals surface area contributed by atoms with Crippen molar-refractivity contribution in [3.8, 4) is 11.3 Å². The molecule has 4 nitrogen and oxygen atoms in total. The minimum Gasteiger partial charge on any atom is -0.477 e. The third-order valence-electron chi connectivity index (χ3n) is 2.27. The monoisotopic (exact) mass is 354 g/mol. The molecule has 0 aliphatic carbocycles. The van der Waals surface area contributed by atoms with Gasteiger partial charge in [0.05, 0.1) is 20.8 Å². The lowest BCUT2D eigenvalue weighted by atomic mass is 10.1. The van der Waals surface area contributed by atoms with Crippen molar-refractivity contribution < 1.29 is 23.1 Å². The molecule has 0 atom stereocenters. The minimum absolute atomic E-state index is 0.315. The summed E-state index contributed by atoms with van der Waals surface area (Å²) in [4.78, 5) is 10.6. The standard InChI is InChI=1S/C10H3BrClF3N2O2/c11-5-8(14)6(12)4(7(13)9(5)15)2-1-3(10(18)19)17-16-2/h1H,(H,16,17)(H,18,19). The number of hydrogen-bond acceptors (Lipinski definition) is 2. The van der Waals surface area contributed by atoms with Gasteiger partial charge < -0.3 is 5.11 Å². The second-order valence-corrected chi connectivity index (χ2v) is 4.59. The number of rotatable bonds is 2. The molecule has 0 aliphatic rings. The van der Waals surface area contributed by atoms with Crippen molar-refractivity contribution in [3.63, 3.8) is 0 Å². The van der Waals surface area contributed by atoms with Crippen LogP contribution in [0.1, 0.15) is 10.5 Å². The third kappa shape index (κ3) is 2.21. The van der Waals surface area contributed by atoms with E-state index in [1.165, 1.54) is 0 Å². The molecule has 0 amide bonds. The molecule has 0 unspecified atom stereocenters. The Morgan fingerprint density at radius 2 is 1.95 bits per heavy atom. The van der Waals surface area contributed by atoms with E-state index in [4.69, 9.17) is 16.7 Å². The summed E-state index contributed by atoms with van der Waals surface area (Å²) in [5, 5.41) is 13.5. The van der Waals surface area contributed by atoms with E-state index in [1.807, 2.05) is 0 Å². The topological polar surface area (TPSA) is 66.0 Å². The van der Waals surface area contributed by atoms with E-state index in [9.17, 15) is 18.0 Å². The first-order valence-electron chi connectivity index (χ1n) is 4.65. The first kappa shape index (κ1) is 13.9. The number of nitrogens with one attached hydrogen (secondary N) is 1. The molecular formula is C10H3BrClF3N2O2. The molecule has 1 heterocycles. The first-order chi connectivity index (χ1) is 8.84. The van der Waals surface area contributed by atoms with Gasteiger partial charge in [-0.3, -0.25) is 5.10 Å². The summed E-state index contributed by atoms with van der Waals surface area (Å²) in [6, 6.07) is 0.916. The van der Waals surface area contributed by atoms with Gasteiger partial charge in [0.15, 0.2) is 17.5 Å². The number of aromatic carboxylic acids is 1. The molecule has 100 valence electrons. The van der Waals surface area contributed by atoms with Gasteiger partial charge in [-0.1, -0.05) is 11.6 Å². The molecule has 0 aliphatic heterocycles. The Bertz CT molecular complexity index is 661. The average Bonchev–Trinajstić information content (AvgIpc) is 2.84. The van der Waals surface area contributed by atoms with Gasteiger partial charge in [-0.25, -0.2) is 18.0 Å². The highest BCUT2D eigenvalue weighted by atomic mass is 79.9. The highest BCUT2D eigenvalue weighted by Gasteiger charge is 2.25. The van der Waals surface area contributed by atoms with Crippen LogP contribution in [0.25, 0.3) is 11.3 Å². The van der Waals surface area contributed by atoms with Gasteiger partial charge in [-0.2, -0.15) is 5.10 Å². The Morgan fingerprint density at radius 3 is 2.47 bits per heavy atom. The minimum atomic E-state index is -1.48. The zero-order valence-electron chi connectivity index (χ0n) is 8.77. The lowest BCUT2D eigenvalue weighted by molar-refractivity contribution is 0.0690. The van der Waals surface area contributed by atoms with Crippen LogP contribution in [0.15, 0.2) is 10.5 Å². The predicted octanol–water partition coefficient (Wildman–Crippen LogP) is 3.61. The SMILES string of the molecule is O=C(O)c1cc(-c2c(F)c(F)c(Br)c(F)c2Cl)n[nH]1. The summed E-state index contributed by atoms with van der Waals surface area (Å²) in [6.07, 6.45) is 0. The number of hydrogen-bond donors (Lipinski definition) is 2. The smallest absolute Gasteiger partial charge is 0.353 e. The normalized spacial score (nSPS) is 10.8. The fourth-order valence-electron chi connectivity index (χ4n) is 1.39.